The lowest BCUT2D eigenvalue weighted by Crippen LogP contribution is -2.07. The van der Waals surface area contributed by atoms with E-state index in [1.807, 2.05) is 0 Å². The number of furan rings is 1. The quantitative estimate of drug-likeness (QED) is 0.756. The molecule has 0 aliphatic heterocycles. The predicted molar refractivity (Wildman–Crippen MR) is 56.3 cm³/mol. The minimum atomic E-state index is -0.421. The van der Waals surface area contributed by atoms with Gasteiger partial charge in [-0.3, -0.25) is 0 Å². The highest BCUT2D eigenvalue weighted by molar-refractivity contribution is 5.86. The summed E-state index contributed by atoms with van der Waals surface area (Å²) >= 11 is 0. The molecule has 1 aromatic heterocycles. The Kier molecular flexibility index (Phi) is 4.37. The first-order chi connectivity index (χ1) is 7.13. The van der Waals surface area contributed by atoms with E-state index in [1.165, 1.54) is 0 Å². The average molecular weight is 211 g/mol. The number of carbonyl (C=O) groups excluding carboxylic acids is 1. The lowest BCUT2D eigenvalue weighted by Gasteiger charge is -2.04. The van der Waals surface area contributed by atoms with Crippen LogP contribution in [0.2, 0.25) is 0 Å². The third-order valence-electron chi connectivity index (χ3n) is 1.99. The molecule has 0 aromatic carbocycles. The zero-order valence-corrected chi connectivity index (χ0v) is 9.16. The molecule has 0 spiro atoms. The molecule has 0 atom stereocenters. The topological polar surface area (TPSA) is 65.5 Å². The van der Waals surface area contributed by atoms with Crippen molar-refractivity contribution >= 4 is 5.97 Å². The fourth-order valence-electron chi connectivity index (χ4n) is 1.06. The van der Waals surface area contributed by atoms with Gasteiger partial charge in [-0.05, 0) is 24.5 Å². The number of hydrogen-bond acceptors (Lipinski definition) is 4. The summed E-state index contributed by atoms with van der Waals surface area (Å²) in [5, 5.41) is 0. The molecule has 4 heteroatoms. The molecule has 0 amide bonds. The molecule has 0 unspecified atom stereocenters. The maximum absolute atomic E-state index is 11.4. The van der Waals surface area contributed by atoms with Crippen LogP contribution >= 0.6 is 0 Å². The van der Waals surface area contributed by atoms with Crippen molar-refractivity contribution in [3.63, 3.8) is 0 Å². The molecule has 0 saturated carbocycles. The summed E-state index contributed by atoms with van der Waals surface area (Å²) < 4.78 is 10.2. The zero-order chi connectivity index (χ0) is 11.3. The second kappa shape index (κ2) is 5.56. The fourth-order valence-corrected chi connectivity index (χ4v) is 1.06. The van der Waals surface area contributed by atoms with Crippen molar-refractivity contribution in [3.05, 3.63) is 23.7 Å². The standard InChI is InChI=1S/C11H17NO3/c1-8(2)5-6-14-11(13)10-4-3-9(7-12)15-10/h3-4,8H,5-7,12H2,1-2H3. The first-order valence-corrected chi connectivity index (χ1v) is 5.09. The first kappa shape index (κ1) is 11.8. The predicted octanol–water partition coefficient (Wildman–Crippen LogP) is 1.94. The number of hydrogen-bond donors (Lipinski definition) is 1. The summed E-state index contributed by atoms with van der Waals surface area (Å²) in [6.45, 7) is 4.87. The molecule has 1 heterocycles. The first-order valence-electron chi connectivity index (χ1n) is 5.09. The molecule has 0 saturated heterocycles. The highest BCUT2D eigenvalue weighted by Crippen LogP contribution is 2.09. The summed E-state index contributed by atoms with van der Waals surface area (Å²) in [5.74, 6) is 0.911. The Morgan fingerprint density at radius 1 is 1.53 bits per heavy atom. The molecular formula is C11H17NO3. The lowest BCUT2D eigenvalue weighted by atomic mass is 10.1. The third kappa shape index (κ3) is 3.75. The monoisotopic (exact) mass is 211 g/mol. The van der Waals surface area contributed by atoms with E-state index < -0.39 is 5.97 Å². The summed E-state index contributed by atoms with van der Waals surface area (Å²) in [7, 11) is 0. The van der Waals surface area contributed by atoms with E-state index in [2.05, 4.69) is 13.8 Å². The largest absolute Gasteiger partial charge is 0.460 e. The molecule has 15 heavy (non-hydrogen) atoms. The van der Waals surface area contributed by atoms with Crippen molar-refractivity contribution in [1.82, 2.24) is 0 Å². The van der Waals surface area contributed by atoms with Crippen molar-refractivity contribution in [2.75, 3.05) is 6.61 Å². The van der Waals surface area contributed by atoms with Crippen LogP contribution in [0.3, 0.4) is 0 Å². The lowest BCUT2D eigenvalue weighted by molar-refractivity contribution is 0.0450. The van der Waals surface area contributed by atoms with E-state index in [0.717, 1.165) is 6.42 Å². The summed E-state index contributed by atoms with van der Waals surface area (Å²) in [6.07, 6.45) is 0.857. The number of rotatable bonds is 5. The van der Waals surface area contributed by atoms with Crippen LogP contribution < -0.4 is 5.73 Å². The van der Waals surface area contributed by atoms with Crippen molar-refractivity contribution < 1.29 is 13.9 Å². The fraction of sp³-hybridized carbons (Fsp3) is 0.545. The van der Waals surface area contributed by atoms with Gasteiger partial charge in [-0.1, -0.05) is 13.8 Å². The Morgan fingerprint density at radius 2 is 2.27 bits per heavy atom. The van der Waals surface area contributed by atoms with E-state index in [0.29, 0.717) is 24.8 Å². The summed E-state index contributed by atoms with van der Waals surface area (Å²) in [4.78, 5) is 11.4. The number of nitrogens with two attached hydrogens (primary N) is 1. The number of ether oxygens (including phenoxy) is 1. The van der Waals surface area contributed by atoms with Gasteiger partial charge in [0.2, 0.25) is 5.76 Å². The highest BCUT2D eigenvalue weighted by Gasteiger charge is 2.11. The molecule has 0 fully saturated rings. The van der Waals surface area contributed by atoms with Crippen molar-refractivity contribution in [2.24, 2.45) is 11.7 Å². The van der Waals surface area contributed by atoms with Gasteiger partial charge in [-0.25, -0.2) is 4.79 Å². The van der Waals surface area contributed by atoms with Gasteiger partial charge in [0.25, 0.3) is 0 Å². The maximum atomic E-state index is 11.4. The van der Waals surface area contributed by atoms with E-state index in [4.69, 9.17) is 14.9 Å². The van der Waals surface area contributed by atoms with E-state index in [1.54, 1.807) is 12.1 Å². The van der Waals surface area contributed by atoms with Gasteiger partial charge in [0.15, 0.2) is 0 Å². The van der Waals surface area contributed by atoms with Gasteiger partial charge in [0, 0.05) is 0 Å². The molecule has 2 N–H and O–H groups in total. The van der Waals surface area contributed by atoms with Crippen molar-refractivity contribution in [1.29, 1.82) is 0 Å². The molecule has 84 valence electrons. The van der Waals surface area contributed by atoms with Gasteiger partial charge in [0.1, 0.15) is 5.76 Å². The van der Waals surface area contributed by atoms with Crippen LogP contribution in [0.1, 0.15) is 36.6 Å². The van der Waals surface area contributed by atoms with Gasteiger partial charge >= 0.3 is 5.97 Å². The van der Waals surface area contributed by atoms with Crippen LogP contribution in [0.15, 0.2) is 16.5 Å². The third-order valence-corrected chi connectivity index (χ3v) is 1.99. The van der Waals surface area contributed by atoms with Crippen LogP contribution in [0.25, 0.3) is 0 Å². The maximum Gasteiger partial charge on any atom is 0.374 e. The van der Waals surface area contributed by atoms with Crippen LogP contribution in [0.5, 0.6) is 0 Å². The van der Waals surface area contributed by atoms with Crippen LogP contribution in [0.4, 0.5) is 0 Å². The summed E-state index contributed by atoms with van der Waals surface area (Å²) in [6, 6.07) is 3.26. The van der Waals surface area contributed by atoms with Gasteiger partial charge in [-0.2, -0.15) is 0 Å². The minimum Gasteiger partial charge on any atom is -0.460 e. The Labute approximate surface area is 89.4 Å². The van der Waals surface area contributed by atoms with Gasteiger partial charge < -0.3 is 14.9 Å². The zero-order valence-electron chi connectivity index (χ0n) is 9.16. The molecule has 0 aliphatic carbocycles. The molecular weight excluding hydrogens is 194 g/mol. The van der Waals surface area contributed by atoms with E-state index in [-0.39, 0.29) is 5.76 Å². The van der Waals surface area contributed by atoms with Crippen LogP contribution in [0, 0.1) is 5.92 Å². The van der Waals surface area contributed by atoms with Crippen LogP contribution in [-0.2, 0) is 11.3 Å². The van der Waals surface area contributed by atoms with E-state index in [9.17, 15) is 4.79 Å². The Hall–Kier alpha value is -1.29. The highest BCUT2D eigenvalue weighted by atomic mass is 16.5. The van der Waals surface area contributed by atoms with Gasteiger partial charge in [0.05, 0.1) is 13.2 Å². The summed E-state index contributed by atoms with van der Waals surface area (Å²) in [5.41, 5.74) is 5.36. The SMILES string of the molecule is CC(C)CCOC(=O)c1ccc(CN)o1. The Balaban J connectivity index is 2.40. The second-order valence-electron chi connectivity index (χ2n) is 3.79. The molecule has 0 aliphatic rings. The van der Waals surface area contributed by atoms with Crippen molar-refractivity contribution in [2.45, 2.75) is 26.8 Å². The molecule has 4 nitrogen and oxygen atoms in total. The second-order valence-corrected chi connectivity index (χ2v) is 3.79. The molecule has 0 bridgehead atoms. The van der Waals surface area contributed by atoms with Gasteiger partial charge in [-0.15, -0.1) is 0 Å². The molecule has 1 rings (SSSR count). The number of esters is 1. The smallest absolute Gasteiger partial charge is 0.374 e. The van der Waals surface area contributed by atoms with Crippen LogP contribution in [-0.4, -0.2) is 12.6 Å². The molecule has 0 radical (unpaired) electrons. The average Bonchev–Trinajstić information content (AvgIpc) is 2.65. The number of carbonyl (C=O) groups is 1. The normalized spacial score (nSPS) is 10.7. The Bertz CT molecular complexity index is 317. The van der Waals surface area contributed by atoms with E-state index >= 15 is 0 Å². The minimum absolute atomic E-state index is 0.221. The Morgan fingerprint density at radius 3 is 2.80 bits per heavy atom. The molecule has 1 aromatic rings. The van der Waals surface area contributed by atoms with Crippen molar-refractivity contribution in [3.8, 4) is 0 Å².